The van der Waals surface area contributed by atoms with E-state index in [1.165, 1.54) is 0 Å². The van der Waals surface area contributed by atoms with Crippen LogP contribution in [0.1, 0.15) is 37.0 Å². The molecule has 5 heteroatoms. The van der Waals surface area contributed by atoms with E-state index in [9.17, 15) is 0 Å². The highest BCUT2D eigenvalue weighted by Gasteiger charge is 2.08. The van der Waals surface area contributed by atoms with Crippen LogP contribution in [0, 0.1) is 13.8 Å². The van der Waals surface area contributed by atoms with Crippen molar-refractivity contribution in [1.82, 2.24) is 14.7 Å². The van der Waals surface area contributed by atoms with E-state index >= 15 is 0 Å². The molecule has 17 heavy (non-hydrogen) atoms. The van der Waals surface area contributed by atoms with Gasteiger partial charge in [-0.1, -0.05) is 5.16 Å². The molecule has 0 saturated carbocycles. The van der Waals surface area contributed by atoms with Crippen LogP contribution in [0.3, 0.4) is 0 Å². The first-order chi connectivity index (χ1) is 8.06. The SMILES string of the molecule is Cc1cn(C(C)C)c(NCc2cc(C)on2)n1. The minimum Gasteiger partial charge on any atom is -0.361 e. The summed E-state index contributed by atoms with van der Waals surface area (Å²) in [7, 11) is 0. The van der Waals surface area contributed by atoms with Crippen LogP contribution in [0.25, 0.3) is 0 Å². The number of hydrogen-bond donors (Lipinski definition) is 1. The predicted octanol–water partition coefficient (Wildman–Crippen LogP) is 2.68. The third-order valence-corrected chi connectivity index (χ3v) is 2.51. The predicted molar refractivity (Wildman–Crippen MR) is 65.9 cm³/mol. The monoisotopic (exact) mass is 234 g/mol. The van der Waals surface area contributed by atoms with Gasteiger partial charge in [-0.15, -0.1) is 0 Å². The molecule has 0 bridgehead atoms. The van der Waals surface area contributed by atoms with Gasteiger partial charge in [-0.05, 0) is 27.7 Å². The number of imidazole rings is 1. The Labute approximate surface area is 101 Å². The van der Waals surface area contributed by atoms with Crippen molar-refractivity contribution in [3.05, 3.63) is 29.4 Å². The van der Waals surface area contributed by atoms with Gasteiger partial charge in [0, 0.05) is 18.3 Å². The van der Waals surface area contributed by atoms with Crippen LogP contribution in [0.2, 0.25) is 0 Å². The van der Waals surface area contributed by atoms with Gasteiger partial charge in [0.25, 0.3) is 0 Å². The van der Waals surface area contributed by atoms with Crippen LogP contribution >= 0.6 is 0 Å². The number of nitrogens with one attached hydrogen (secondary N) is 1. The molecular formula is C12H18N4O. The Morgan fingerprint density at radius 2 is 2.18 bits per heavy atom. The van der Waals surface area contributed by atoms with Gasteiger partial charge in [0.15, 0.2) is 0 Å². The van der Waals surface area contributed by atoms with Crippen molar-refractivity contribution in [3.8, 4) is 0 Å². The number of aromatic nitrogens is 3. The molecule has 0 saturated heterocycles. The Morgan fingerprint density at radius 3 is 2.76 bits per heavy atom. The summed E-state index contributed by atoms with van der Waals surface area (Å²) in [6.07, 6.45) is 2.04. The van der Waals surface area contributed by atoms with Gasteiger partial charge >= 0.3 is 0 Å². The molecule has 2 heterocycles. The highest BCUT2D eigenvalue weighted by atomic mass is 16.5. The maximum atomic E-state index is 5.02. The molecule has 0 amide bonds. The molecule has 0 fully saturated rings. The van der Waals surface area contributed by atoms with E-state index in [0.29, 0.717) is 12.6 Å². The molecule has 0 aromatic carbocycles. The van der Waals surface area contributed by atoms with Gasteiger partial charge in [0.1, 0.15) is 11.5 Å². The van der Waals surface area contributed by atoms with Crippen molar-refractivity contribution in [2.45, 2.75) is 40.3 Å². The zero-order valence-corrected chi connectivity index (χ0v) is 10.7. The number of nitrogens with zero attached hydrogens (tertiary/aromatic N) is 3. The van der Waals surface area contributed by atoms with Crippen molar-refractivity contribution < 1.29 is 4.52 Å². The molecule has 0 radical (unpaired) electrons. The van der Waals surface area contributed by atoms with E-state index in [1.54, 1.807) is 0 Å². The van der Waals surface area contributed by atoms with Crippen LogP contribution in [0.4, 0.5) is 5.95 Å². The number of anilines is 1. The lowest BCUT2D eigenvalue weighted by Crippen LogP contribution is -2.08. The lowest BCUT2D eigenvalue weighted by molar-refractivity contribution is 0.391. The van der Waals surface area contributed by atoms with Crippen LogP contribution in [-0.4, -0.2) is 14.7 Å². The smallest absolute Gasteiger partial charge is 0.203 e. The fourth-order valence-electron chi connectivity index (χ4n) is 1.71. The maximum Gasteiger partial charge on any atom is 0.203 e. The molecule has 0 spiro atoms. The number of aryl methyl sites for hydroxylation is 2. The molecule has 2 aromatic rings. The first kappa shape index (κ1) is 11.7. The summed E-state index contributed by atoms with van der Waals surface area (Å²) in [6, 6.07) is 2.31. The summed E-state index contributed by atoms with van der Waals surface area (Å²) in [5.74, 6) is 1.70. The van der Waals surface area contributed by atoms with Crippen molar-refractivity contribution >= 4 is 5.95 Å². The van der Waals surface area contributed by atoms with Gasteiger partial charge in [0.2, 0.25) is 5.95 Å². The van der Waals surface area contributed by atoms with Crippen molar-refractivity contribution in [2.24, 2.45) is 0 Å². The second kappa shape index (κ2) is 4.61. The third kappa shape index (κ3) is 2.67. The standard InChI is InChI=1S/C12H18N4O/c1-8(2)16-7-9(3)14-12(16)13-6-11-5-10(4)17-15-11/h5,7-8H,6H2,1-4H3,(H,13,14). The second-order valence-corrected chi connectivity index (χ2v) is 4.49. The van der Waals surface area contributed by atoms with E-state index in [2.05, 4.69) is 33.9 Å². The highest BCUT2D eigenvalue weighted by Crippen LogP contribution is 2.16. The average molecular weight is 234 g/mol. The molecule has 0 atom stereocenters. The molecular weight excluding hydrogens is 216 g/mol. The highest BCUT2D eigenvalue weighted by molar-refractivity contribution is 5.30. The average Bonchev–Trinajstić information content (AvgIpc) is 2.82. The zero-order chi connectivity index (χ0) is 12.4. The van der Waals surface area contributed by atoms with E-state index < -0.39 is 0 Å². The maximum absolute atomic E-state index is 5.02. The quantitative estimate of drug-likeness (QED) is 0.883. The molecule has 0 aliphatic rings. The summed E-state index contributed by atoms with van der Waals surface area (Å²) in [4.78, 5) is 4.45. The Kier molecular flexibility index (Phi) is 3.17. The fraction of sp³-hybridized carbons (Fsp3) is 0.500. The van der Waals surface area contributed by atoms with E-state index in [0.717, 1.165) is 23.1 Å². The lowest BCUT2D eigenvalue weighted by atomic mass is 10.4. The minimum absolute atomic E-state index is 0.387. The first-order valence-electron chi connectivity index (χ1n) is 5.78. The Hall–Kier alpha value is -1.78. The van der Waals surface area contributed by atoms with E-state index in [4.69, 9.17) is 4.52 Å². The van der Waals surface area contributed by atoms with Crippen LogP contribution in [-0.2, 0) is 6.54 Å². The van der Waals surface area contributed by atoms with Crippen molar-refractivity contribution in [1.29, 1.82) is 0 Å². The molecule has 1 N–H and O–H groups in total. The second-order valence-electron chi connectivity index (χ2n) is 4.49. The summed E-state index contributed by atoms with van der Waals surface area (Å²) in [5, 5.41) is 7.21. The molecule has 0 aliphatic carbocycles. The van der Waals surface area contributed by atoms with Crippen LogP contribution < -0.4 is 5.32 Å². The summed E-state index contributed by atoms with van der Waals surface area (Å²) >= 11 is 0. The van der Waals surface area contributed by atoms with Gasteiger partial charge in [0.05, 0.1) is 12.2 Å². The summed E-state index contributed by atoms with van der Waals surface area (Å²) in [6.45, 7) is 8.76. The minimum atomic E-state index is 0.387. The Bertz CT molecular complexity index is 498. The fourth-order valence-corrected chi connectivity index (χ4v) is 1.71. The molecule has 0 aliphatic heterocycles. The molecule has 92 valence electrons. The molecule has 5 nitrogen and oxygen atoms in total. The van der Waals surface area contributed by atoms with Gasteiger partial charge in [-0.3, -0.25) is 0 Å². The lowest BCUT2D eigenvalue weighted by Gasteiger charge is -2.11. The Balaban J connectivity index is 2.08. The molecule has 2 aromatic heterocycles. The number of rotatable bonds is 4. The topological polar surface area (TPSA) is 55.9 Å². The summed E-state index contributed by atoms with van der Waals surface area (Å²) in [5.41, 5.74) is 1.90. The molecule has 2 rings (SSSR count). The van der Waals surface area contributed by atoms with Gasteiger partial charge in [-0.2, -0.15) is 0 Å². The van der Waals surface area contributed by atoms with Crippen LogP contribution in [0.15, 0.2) is 16.8 Å². The first-order valence-corrected chi connectivity index (χ1v) is 5.78. The van der Waals surface area contributed by atoms with Crippen molar-refractivity contribution in [3.63, 3.8) is 0 Å². The normalized spacial score (nSPS) is 11.1. The Morgan fingerprint density at radius 1 is 1.41 bits per heavy atom. The van der Waals surface area contributed by atoms with E-state index in [1.807, 2.05) is 26.1 Å². The van der Waals surface area contributed by atoms with Crippen molar-refractivity contribution in [2.75, 3.05) is 5.32 Å². The van der Waals surface area contributed by atoms with Crippen LogP contribution in [0.5, 0.6) is 0 Å². The zero-order valence-electron chi connectivity index (χ0n) is 10.7. The van der Waals surface area contributed by atoms with Gasteiger partial charge in [-0.25, -0.2) is 4.98 Å². The third-order valence-electron chi connectivity index (χ3n) is 2.51. The summed E-state index contributed by atoms with van der Waals surface area (Å²) < 4.78 is 7.13. The number of hydrogen-bond acceptors (Lipinski definition) is 4. The largest absolute Gasteiger partial charge is 0.361 e. The molecule has 0 unspecified atom stereocenters. The van der Waals surface area contributed by atoms with E-state index in [-0.39, 0.29) is 0 Å². The van der Waals surface area contributed by atoms with Gasteiger partial charge < -0.3 is 14.4 Å².